The van der Waals surface area contributed by atoms with E-state index in [1.54, 1.807) is 0 Å². The summed E-state index contributed by atoms with van der Waals surface area (Å²) in [4.78, 5) is 2.35. The molecule has 1 saturated heterocycles. The van der Waals surface area contributed by atoms with Gasteiger partial charge in [0.1, 0.15) is 17.6 Å². The number of ether oxygens (including phenoxy) is 3. The molecule has 4 aliphatic rings. The van der Waals surface area contributed by atoms with E-state index in [2.05, 4.69) is 68.4 Å². The highest BCUT2D eigenvalue weighted by Gasteiger charge is 2.26. The minimum atomic E-state index is 0. The maximum Gasteiger partial charge on any atom is 0.234 e. The molecule has 1 aromatic heterocycles. The van der Waals surface area contributed by atoms with Crippen LogP contribution in [-0.4, -0.2) is 53.5 Å². The Bertz CT molecular complexity index is 1320. The van der Waals surface area contributed by atoms with Crippen LogP contribution in [0.3, 0.4) is 0 Å². The maximum absolute atomic E-state index is 6.25. The minimum absolute atomic E-state index is 0. The molecule has 0 spiro atoms. The first kappa shape index (κ1) is 37.8. The second-order valence-electron chi connectivity index (χ2n) is 13.5. The van der Waals surface area contributed by atoms with Gasteiger partial charge in [-0.25, -0.2) is 0 Å². The standard InChI is InChI=1S/C26H35N3O2.C12H15BrO.2ClH/c1-29-16-14-23(15-17-29)31-25-18-24(26(28-27-25)20-6-5-7-20)19-10-12-22(13-11-19)30-21-8-3-2-4-9-21;13-10-6-8-12(9-7-10)14-11-4-2-1-3-5-11;;/h10-13,18,20-21,23H,2-9,14-17H2,1H3;6-9,11H,1-5H2;2*1H. The Morgan fingerprint density at radius 1 is 0.596 bits per heavy atom. The lowest BCUT2D eigenvalue weighted by Crippen LogP contribution is -2.35. The highest BCUT2D eigenvalue weighted by atomic mass is 79.9. The molecule has 9 heteroatoms. The first-order chi connectivity index (χ1) is 22.1. The van der Waals surface area contributed by atoms with Crippen LogP contribution in [0.4, 0.5) is 0 Å². The van der Waals surface area contributed by atoms with Gasteiger partial charge in [0.15, 0.2) is 0 Å². The number of rotatable bonds is 8. The Morgan fingerprint density at radius 3 is 1.62 bits per heavy atom. The van der Waals surface area contributed by atoms with Crippen LogP contribution in [0.5, 0.6) is 17.4 Å². The molecule has 0 N–H and O–H groups in total. The van der Waals surface area contributed by atoms with E-state index in [9.17, 15) is 0 Å². The van der Waals surface area contributed by atoms with E-state index < -0.39 is 0 Å². The number of hydrogen-bond donors (Lipinski definition) is 0. The summed E-state index contributed by atoms with van der Waals surface area (Å²) in [5, 5.41) is 9.12. The summed E-state index contributed by atoms with van der Waals surface area (Å²) in [5.41, 5.74) is 3.48. The molecular formula is C38H52BrCl2N3O3. The van der Waals surface area contributed by atoms with Gasteiger partial charge in [-0.1, -0.05) is 47.3 Å². The van der Waals surface area contributed by atoms with Crippen molar-refractivity contribution in [3.63, 3.8) is 0 Å². The number of halogens is 3. The van der Waals surface area contributed by atoms with Gasteiger partial charge in [-0.2, -0.15) is 5.10 Å². The predicted molar refractivity (Wildman–Crippen MR) is 199 cm³/mol. The fourth-order valence-electron chi connectivity index (χ4n) is 6.91. The summed E-state index contributed by atoms with van der Waals surface area (Å²) in [6.45, 7) is 2.15. The third kappa shape index (κ3) is 11.2. The average Bonchev–Trinajstić information content (AvgIpc) is 3.05. The van der Waals surface area contributed by atoms with E-state index >= 15 is 0 Å². The second kappa shape index (κ2) is 19.2. The number of benzene rings is 2. The third-order valence-electron chi connectivity index (χ3n) is 9.93. The lowest BCUT2D eigenvalue weighted by molar-refractivity contribution is 0.109. The fourth-order valence-corrected chi connectivity index (χ4v) is 7.17. The molecule has 0 atom stereocenters. The molecule has 0 bridgehead atoms. The first-order valence-electron chi connectivity index (χ1n) is 17.5. The molecule has 0 amide bonds. The van der Waals surface area contributed by atoms with Crippen molar-refractivity contribution in [1.29, 1.82) is 0 Å². The van der Waals surface area contributed by atoms with Crippen molar-refractivity contribution in [2.24, 2.45) is 0 Å². The number of nitrogens with zero attached hydrogens (tertiary/aromatic N) is 3. The molecule has 258 valence electrons. The third-order valence-corrected chi connectivity index (χ3v) is 10.5. The molecule has 7 rings (SSSR count). The van der Waals surface area contributed by atoms with Crippen molar-refractivity contribution in [2.45, 2.75) is 121 Å². The number of likely N-dealkylation sites (tertiary alicyclic amines) is 1. The zero-order valence-corrected chi connectivity index (χ0v) is 31.0. The Balaban J connectivity index is 0.000000264. The van der Waals surface area contributed by atoms with Crippen LogP contribution in [-0.2, 0) is 0 Å². The van der Waals surface area contributed by atoms with Crippen LogP contribution in [0.1, 0.15) is 108 Å². The van der Waals surface area contributed by atoms with Gasteiger partial charge in [0, 0.05) is 35.1 Å². The maximum atomic E-state index is 6.25. The normalized spacial score (nSPS) is 19.6. The molecule has 47 heavy (non-hydrogen) atoms. The van der Waals surface area contributed by atoms with Gasteiger partial charge in [-0.05, 0) is 126 Å². The molecule has 4 fully saturated rings. The fraction of sp³-hybridized carbons (Fsp3) is 0.579. The van der Waals surface area contributed by atoms with Crippen molar-refractivity contribution in [3.05, 3.63) is 64.8 Å². The number of piperidine rings is 1. The van der Waals surface area contributed by atoms with Gasteiger partial charge >= 0.3 is 0 Å². The van der Waals surface area contributed by atoms with Gasteiger partial charge in [0.25, 0.3) is 0 Å². The van der Waals surface area contributed by atoms with Crippen molar-refractivity contribution in [3.8, 4) is 28.5 Å². The molecular weight excluding hydrogens is 697 g/mol. The largest absolute Gasteiger partial charge is 0.490 e. The molecule has 2 heterocycles. The van der Waals surface area contributed by atoms with Gasteiger partial charge in [0.2, 0.25) is 5.88 Å². The summed E-state index contributed by atoms with van der Waals surface area (Å²) in [6, 6.07) is 18.8. The zero-order chi connectivity index (χ0) is 30.8. The molecule has 1 aliphatic heterocycles. The number of aromatic nitrogens is 2. The van der Waals surface area contributed by atoms with E-state index in [-0.39, 0.29) is 30.9 Å². The topological polar surface area (TPSA) is 56.7 Å². The Kier molecular flexibility index (Phi) is 15.4. The lowest BCUT2D eigenvalue weighted by Gasteiger charge is -2.29. The summed E-state index contributed by atoms with van der Waals surface area (Å²) >= 11 is 3.42. The summed E-state index contributed by atoms with van der Waals surface area (Å²) in [5.74, 6) is 3.17. The quantitative estimate of drug-likeness (QED) is 0.229. The van der Waals surface area contributed by atoms with Gasteiger partial charge in [-0.3, -0.25) is 0 Å². The van der Waals surface area contributed by atoms with Gasteiger partial charge in [0.05, 0.1) is 17.9 Å². The Labute approximate surface area is 302 Å². The highest BCUT2D eigenvalue weighted by molar-refractivity contribution is 9.10. The average molecular weight is 750 g/mol. The number of hydrogen-bond acceptors (Lipinski definition) is 6. The van der Waals surface area contributed by atoms with E-state index in [1.165, 1.54) is 94.6 Å². The van der Waals surface area contributed by atoms with Crippen LogP contribution < -0.4 is 14.2 Å². The smallest absolute Gasteiger partial charge is 0.234 e. The Morgan fingerprint density at radius 2 is 1.11 bits per heavy atom. The summed E-state index contributed by atoms with van der Waals surface area (Å²) in [7, 11) is 2.17. The Hall–Kier alpha value is -2.06. The van der Waals surface area contributed by atoms with E-state index in [4.69, 9.17) is 14.2 Å². The SMILES string of the molecule is Brc1ccc(OC2CCCCC2)cc1.CN1CCC(Oc2cc(-c3ccc(OC4CCCCC4)cc3)c(C3CCC3)nn2)CC1.Cl.Cl. The first-order valence-corrected chi connectivity index (χ1v) is 18.3. The monoisotopic (exact) mass is 747 g/mol. The lowest BCUT2D eigenvalue weighted by atomic mass is 9.80. The summed E-state index contributed by atoms with van der Waals surface area (Å²) in [6.07, 6.45) is 19.6. The van der Waals surface area contributed by atoms with Crippen molar-refractivity contribution in [1.82, 2.24) is 15.1 Å². The highest BCUT2D eigenvalue weighted by Crippen LogP contribution is 2.41. The van der Waals surface area contributed by atoms with E-state index in [0.717, 1.165) is 47.6 Å². The van der Waals surface area contributed by atoms with Crippen LogP contribution >= 0.6 is 40.7 Å². The van der Waals surface area contributed by atoms with Crippen LogP contribution in [0, 0.1) is 0 Å². The van der Waals surface area contributed by atoms with Gasteiger partial charge in [-0.15, -0.1) is 29.9 Å². The van der Waals surface area contributed by atoms with Crippen molar-refractivity contribution < 1.29 is 14.2 Å². The van der Waals surface area contributed by atoms with Gasteiger partial charge < -0.3 is 19.1 Å². The molecule has 3 aliphatic carbocycles. The second-order valence-corrected chi connectivity index (χ2v) is 14.4. The molecule has 3 saturated carbocycles. The van der Waals surface area contributed by atoms with Crippen LogP contribution in [0.25, 0.3) is 11.1 Å². The predicted octanol–water partition coefficient (Wildman–Crippen LogP) is 10.6. The van der Waals surface area contributed by atoms with Crippen LogP contribution in [0.15, 0.2) is 59.1 Å². The summed E-state index contributed by atoms with van der Waals surface area (Å²) < 4.78 is 19.5. The van der Waals surface area contributed by atoms with Crippen molar-refractivity contribution >= 4 is 40.7 Å². The zero-order valence-electron chi connectivity index (χ0n) is 27.8. The van der Waals surface area contributed by atoms with Crippen LogP contribution in [0.2, 0.25) is 0 Å². The van der Waals surface area contributed by atoms with Crippen molar-refractivity contribution in [2.75, 3.05) is 20.1 Å². The molecule has 2 aromatic carbocycles. The molecule has 0 unspecified atom stereocenters. The van der Waals surface area contributed by atoms with E-state index in [1.807, 2.05) is 24.3 Å². The minimum Gasteiger partial charge on any atom is -0.490 e. The van der Waals surface area contributed by atoms with E-state index in [0.29, 0.717) is 24.0 Å². The molecule has 3 aromatic rings. The molecule has 0 radical (unpaired) electrons. The molecule has 6 nitrogen and oxygen atoms in total.